The molecule has 29 heavy (non-hydrogen) atoms. The fourth-order valence-electron chi connectivity index (χ4n) is 2.92. The van der Waals surface area contributed by atoms with E-state index in [0.29, 0.717) is 23.7 Å². The summed E-state index contributed by atoms with van der Waals surface area (Å²) < 4.78 is 30.8. The Kier molecular flexibility index (Phi) is 4.97. The molecule has 0 unspecified atom stereocenters. The van der Waals surface area contributed by atoms with Crippen LogP contribution in [0.25, 0.3) is 10.2 Å². The highest BCUT2D eigenvalue weighted by Gasteiger charge is 2.19. The Morgan fingerprint density at radius 3 is 2.59 bits per heavy atom. The molecule has 1 aromatic carbocycles. The quantitative estimate of drug-likeness (QED) is 0.488. The lowest BCUT2D eigenvalue weighted by Crippen LogP contribution is -2.14. The number of aromatic nitrogens is 4. The van der Waals surface area contributed by atoms with E-state index in [1.807, 2.05) is 31.2 Å². The molecule has 4 aromatic rings. The molecule has 0 aliphatic carbocycles. The van der Waals surface area contributed by atoms with Gasteiger partial charge >= 0.3 is 0 Å². The molecule has 0 saturated carbocycles. The van der Waals surface area contributed by atoms with Crippen molar-refractivity contribution in [2.75, 3.05) is 10.0 Å². The van der Waals surface area contributed by atoms with E-state index in [-0.39, 0.29) is 4.90 Å². The van der Waals surface area contributed by atoms with Crippen LogP contribution in [0, 0.1) is 13.8 Å². The number of rotatable bonds is 6. The number of anilines is 2. The molecule has 0 aliphatic rings. The lowest BCUT2D eigenvalue weighted by molar-refractivity contribution is 0.600. The van der Waals surface area contributed by atoms with E-state index in [1.165, 1.54) is 12.3 Å². The van der Waals surface area contributed by atoms with Crippen molar-refractivity contribution in [3.8, 4) is 0 Å². The largest absolute Gasteiger partial charge is 0.364 e. The van der Waals surface area contributed by atoms with Crippen molar-refractivity contribution in [2.24, 2.45) is 7.05 Å². The van der Waals surface area contributed by atoms with Crippen LogP contribution in [-0.2, 0) is 23.6 Å². The Labute approximate surface area is 172 Å². The molecule has 0 radical (unpaired) electrons. The second-order valence-corrected chi connectivity index (χ2v) is 9.38. The summed E-state index contributed by atoms with van der Waals surface area (Å²) in [5, 5.41) is 8.35. The number of aryl methyl sites for hydroxylation is 2. The van der Waals surface area contributed by atoms with Gasteiger partial charge in [0.1, 0.15) is 15.7 Å². The van der Waals surface area contributed by atoms with Crippen LogP contribution in [-0.4, -0.2) is 28.2 Å². The third kappa shape index (κ3) is 3.94. The predicted molar refractivity (Wildman–Crippen MR) is 115 cm³/mol. The van der Waals surface area contributed by atoms with Crippen LogP contribution in [0.2, 0.25) is 0 Å². The molecule has 0 amide bonds. The van der Waals surface area contributed by atoms with Crippen LogP contribution < -0.4 is 10.0 Å². The fourth-order valence-corrected chi connectivity index (χ4v) is 4.95. The average Bonchev–Trinajstić information content (AvgIpc) is 3.22. The van der Waals surface area contributed by atoms with Gasteiger partial charge < -0.3 is 5.32 Å². The average molecular weight is 429 g/mol. The molecule has 8 nitrogen and oxygen atoms in total. The Hall–Kier alpha value is -2.98. The van der Waals surface area contributed by atoms with Gasteiger partial charge in [-0.3, -0.25) is 9.40 Å². The van der Waals surface area contributed by atoms with E-state index in [2.05, 4.69) is 25.1 Å². The summed E-state index contributed by atoms with van der Waals surface area (Å²) in [6, 6.07) is 11.1. The van der Waals surface area contributed by atoms with Gasteiger partial charge in [-0.15, -0.1) is 11.3 Å². The number of hydrogen-bond acceptors (Lipinski definition) is 7. The number of fused-ring (bicyclic) bond motifs is 1. The van der Waals surface area contributed by atoms with E-state index >= 15 is 0 Å². The smallest absolute Gasteiger partial charge is 0.263 e. The SMILES string of the molecule is Cc1nn(C)c(C)c1NS(=O)(=O)c1ccc(NCc2nc3ccccc3s2)nc1. The molecule has 4 rings (SSSR count). The second kappa shape index (κ2) is 7.45. The zero-order valence-corrected chi connectivity index (χ0v) is 17.8. The van der Waals surface area contributed by atoms with Crippen LogP contribution in [0.3, 0.4) is 0 Å². The van der Waals surface area contributed by atoms with Crippen LogP contribution >= 0.6 is 11.3 Å². The van der Waals surface area contributed by atoms with Gasteiger partial charge in [-0.05, 0) is 38.1 Å². The molecule has 3 heterocycles. The van der Waals surface area contributed by atoms with Crippen molar-refractivity contribution in [3.05, 3.63) is 59.0 Å². The van der Waals surface area contributed by atoms with E-state index in [4.69, 9.17) is 0 Å². The number of nitrogens with one attached hydrogen (secondary N) is 2. The van der Waals surface area contributed by atoms with Crippen LogP contribution in [0.1, 0.15) is 16.4 Å². The fraction of sp³-hybridized carbons (Fsp3) is 0.211. The van der Waals surface area contributed by atoms with Gasteiger partial charge in [-0.2, -0.15) is 5.10 Å². The molecule has 0 atom stereocenters. The zero-order chi connectivity index (χ0) is 20.6. The molecule has 0 spiro atoms. The maximum Gasteiger partial charge on any atom is 0.263 e. The second-order valence-electron chi connectivity index (χ2n) is 6.58. The van der Waals surface area contributed by atoms with Gasteiger partial charge in [-0.1, -0.05) is 12.1 Å². The van der Waals surface area contributed by atoms with Crippen molar-refractivity contribution in [2.45, 2.75) is 25.3 Å². The summed E-state index contributed by atoms with van der Waals surface area (Å²) in [6.07, 6.45) is 1.34. The summed E-state index contributed by atoms with van der Waals surface area (Å²) in [4.78, 5) is 8.88. The van der Waals surface area contributed by atoms with Gasteiger partial charge in [0.25, 0.3) is 10.0 Å². The summed E-state index contributed by atoms with van der Waals surface area (Å²) in [5.74, 6) is 0.581. The molecule has 3 aromatic heterocycles. The maximum absolute atomic E-state index is 12.7. The normalized spacial score (nSPS) is 11.7. The van der Waals surface area contributed by atoms with E-state index in [1.54, 1.807) is 36.1 Å². The number of thiazole rings is 1. The highest BCUT2D eigenvalue weighted by molar-refractivity contribution is 7.92. The number of nitrogens with zero attached hydrogens (tertiary/aromatic N) is 4. The summed E-state index contributed by atoms with van der Waals surface area (Å²) >= 11 is 1.61. The highest BCUT2D eigenvalue weighted by Crippen LogP contribution is 2.24. The molecule has 0 saturated heterocycles. The molecule has 0 fully saturated rings. The van der Waals surface area contributed by atoms with Gasteiger partial charge in [0.05, 0.1) is 33.8 Å². The van der Waals surface area contributed by atoms with E-state index in [9.17, 15) is 8.42 Å². The molecule has 150 valence electrons. The summed E-state index contributed by atoms with van der Waals surface area (Å²) in [6.45, 7) is 4.09. The Balaban J connectivity index is 1.46. The summed E-state index contributed by atoms with van der Waals surface area (Å²) in [7, 11) is -1.98. The van der Waals surface area contributed by atoms with Gasteiger partial charge in [0.15, 0.2) is 0 Å². The molecule has 0 aliphatic heterocycles. The van der Waals surface area contributed by atoms with Crippen molar-refractivity contribution < 1.29 is 8.42 Å². The lowest BCUT2D eigenvalue weighted by Gasteiger charge is -2.09. The minimum absolute atomic E-state index is 0.0886. The maximum atomic E-state index is 12.7. The number of para-hydroxylation sites is 1. The van der Waals surface area contributed by atoms with Crippen molar-refractivity contribution in [1.82, 2.24) is 19.7 Å². The minimum atomic E-state index is -3.75. The Morgan fingerprint density at radius 1 is 1.14 bits per heavy atom. The van der Waals surface area contributed by atoms with Crippen molar-refractivity contribution in [3.63, 3.8) is 0 Å². The molecule has 10 heteroatoms. The first kappa shape index (κ1) is 19.3. The van der Waals surface area contributed by atoms with E-state index < -0.39 is 10.0 Å². The minimum Gasteiger partial charge on any atom is -0.364 e. The number of pyridine rings is 1. The third-order valence-electron chi connectivity index (χ3n) is 4.55. The van der Waals surface area contributed by atoms with Crippen molar-refractivity contribution >= 4 is 43.1 Å². The molecule has 2 N–H and O–H groups in total. The van der Waals surface area contributed by atoms with Crippen molar-refractivity contribution in [1.29, 1.82) is 0 Å². The molecular weight excluding hydrogens is 408 g/mol. The highest BCUT2D eigenvalue weighted by atomic mass is 32.2. The monoisotopic (exact) mass is 428 g/mol. The van der Waals surface area contributed by atoms with Gasteiger partial charge in [-0.25, -0.2) is 18.4 Å². The molecular formula is C19H20N6O2S2. The van der Waals surface area contributed by atoms with Gasteiger partial charge in [0, 0.05) is 13.2 Å². The topological polar surface area (TPSA) is 102 Å². The first-order valence-corrected chi connectivity index (χ1v) is 11.2. The number of hydrogen-bond donors (Lipinski definition) is 2. The third-order valence-corrected chi connectivity index (χ3v) is 6.92. The Morgan fingerprint density at radius 2 is 1.93 bits per heavy atom. The lowest BCUT2D eigenvalue weighted by atomic mass is 10.3. The standard InChI is InChI=1S/C19H20N6O2S2/c1-12-19(13(2)25(3)23-12)24-29(26,27)14-8-9-17(20-10-14)21-11-18-22-15-6-4-5-7-16(15)28-18/h4-10,24H,11H2,1-3H3,(H,20,21). The van der Waals surface area contributed by atoms with Gasteiger partial charge in [0.2, 0.25) is 0 Å². The molecule has 0 bridgehead atoms. The first-order valence-electron chi connectivity index (χ1n) is 8.91. The van der Waals surface area contributed by atoms with E-state index in [0.717, 1.165) is 20.9 Å². The predicted octanol–water partition coefficient (Wildman–Crippen LogP) is 3.45. The van der Waals surface area contributed by atoms with Crippen LogP contribution in [0.15, 0.2) is 47.5 Å². The van der Waals surface area contributed by atoms with Crippen LogP contribution in [0.5, 0.6) is 0 Å². The summed E-state index contributed by atoms with van der Waals surface area (Å²) in [5.41, 5.74) is 2.82. The van der Waals surface area contributed by atoms with Crippen LogP contribution in [0.4, 0.5) is 11.5 Å². The zero-order valence-electron chi connectivity index (χ0n) is 16.2. The number of benzene rings is 1. The Bertz CT molecular complexity index is 1240. The number of sulfonamides is 1. The first-order chi connectivity index (χ1) is 13.8.